The first-order valence-electron chi connectivity index (χ1n) is 6.52. The molecule has 0 bridgehead atoms. The van der Waals surface area contributed by atoms with Gasteiger partial charge in [0.15, 0.2) is 0 Å². The number of rotatable bonds is 5. The van der Waals surface area contributed by atoms with Crippen molar-refractivity contribution in [1.82, 2.24) is 15.1 Å². The first kappa shape index (κ1) is 14.3. The van der Waals surface area contributed by atoms with Crippen molar-refractivity contribution in [2.45, 2.75) is 32.9 Å². The van der Waals surface area contributed by atoms with Crippen LogP contribution in [0.25, 0.3) is 0 Å². The van der Waals surface area contributed by atoms with Crippen LogP contribution in [-0.4, -0.2) is 27.3 Å². The van der Waals surface area contributed by atoms with E-state index in [2.05, 4.69) is 10.4 Å². The van der Waals surface area contributed by atoms with Crippen LogP contribution in [0.1, 0.15) is 35.7 Å². The van der Waals surface area contributed by atoms with E-state index < -0.39 is 5.60 Å². The first-order chi connectivity index (χ1) is 9.42. The van der Waals surface area contributed by atoms with Gasteiger partial charge in [0.25, 0.3) is 5.91 Å². The highest BCUT2D eigenvalue weighted by Gasteiger charge is 2.27. The van der Waals surface area contributed by atoms with Gasteiger partial charge in [0.2, 0.25) is 0 Å². The lowest BCUT2D eigenvalue weighted by molar-refractivity contribution is 0.0323. The minimum Gasteiger partial charge on any atom is -0.463 e. The highest BCUT2D eigenvalue weighted by Crippen LogP contribution is 2.22. The Labute approximate surface area is 117 Å². The van der Waals surface area contributed by atoms with E-state index in [1.54, 1.807) is 36.9 Å². The van der Waals surface area contributed by atoms with Crippen LogP contribution in [0.4, 0.5) is 0 Å². The molecule has 6 nitrogen and oxygen atoms in total. The van der Waals surface area contributed by atoms with Crippen LogP contribution < -0.4 is 5.32 Å². The molecule has 20 heavy (non-hydrogen) atoms. The lowest BCUT2D eigenvalue weighted by Crippen LogP contribution is -2.38. The second-order valence-corrected chi connectivity index (χ2v) is 4.95. The smallest absolute Gasteiger partial charge is 0.254 e. The van der Waals surface area contributed by atoms with Gasteiger partial charge in [-0.15, -0.1) is 0 Å². The highest BCUT2D eigenvalue weighted by atomic mass is 16.4. The van der Waals surface area contributed by atoms with Crippen molar-refractivity contribution in [2.24, 2.45) is 0 Å². The van der Waals surface area contributed by atoms with Crippen LogP contribution in [-0.2, 0) is 12.1 Å². The number of carbonyl (C=O) groups is 1. The topological polar surface area (TPSA) is 80.3 Å². The molecule has 6 heteroatoms. The highest BCUT2D eigenvalue weighted by molar-refractivity contribution is 5.93. The van der Waals surface area contributed by atoms with Gasteiger partial charge in [0.05, 0.1) is 18.3 Å². The standard InChI is InChI=1S/C14H19N3O3/c1-4-17-8-11(7-16-17)13(18)15-9-14(3,19)12-6-5-10(2)20-12/h5-8,19H,4,9H2,1-3H3,(H,15,18). The van der Waals surface area contributed by atoms with E-state index >= 15 is 0 Å². The zero-order valence-corrected chi connectivity index (χ0v) is 11.9. The maximum Gasteiger partial charge on any atom is 0.254 e. The fourth-order valence-corrected chi connectivity index (χ4v) is 1.82. The van der Waals surface area contributed by atoms with Crippen molar-refractivity contribution < 1.29 is 14.3 Å². The number of hydrogen-bond acceptors (Lipinski definition) is 4. The molecule has 2 aromatic heterocycles. The molecule has 2 rings (SSSR count). The van der Waals surface area contributed by atoms with Crippen LogP contribution in [0.15, 0.2) is 28.9 Å². The van der Waals surface area contributed by atoms with Crippen LogP contribution in [0.3, 0.4) is 0 Å². The van der Waals surface area contributed by atoms with E-state index in [-0.39, 0.29) is 12.5 Å². The van der Waals surface area contributed by atoms with Crippen LogP contribution >= 0.6 is 0 Å². The Balaban J connectivity index is 1.98. The summed E-state index contributed by atoms with van der Waals surface area (Å²) in [5, 5.41) is 17.0. The van der Waals surface area contributed by atoms with Gasteiger partial charge < -0.3 is 14.8 Å². The average molecular weight is 277 g/mol. The van der Waals surface area contributed by atoms with Gasteiger partial charge in [0, 0.05) is 12.7 Å². The summed E-state index contributed by atoms with van der Waals surface area (Å²) in [6, 6.07) is 3.48. The van der Waals surface area contributed by atoms with E-state index in [4.69, 9.17) is 4.42 Å². The Morgan fingerprint density at radius 2 is 2.30 bits per heavy atom. The number of carbonyl (C=O) groups excluding carboxylic acids is 1. The zero-order valence-electron chi connectivity index (χ0n) is 11.9. The minimum absolute atomic E-state index is 0.0656. The Kier molecular flexibility index (Phi) is 3.94. The third-order valence-electron chi connectivity index (χ3n) is 3.08. The normalized spacial score (nSPS) is 14.0. The van der Waals surface area contributed by atoms with E-state index in [0.29, 0.717) is 17.9 Å². The summed E-state index contributed by atoms with van der Waals surface area (Å²) < 4.78 is 7.06. The molecule has 0 aliphatic carbocycles. The fraction of sp³-hybridized carbons (Fsp3) is 0.429. The maximum absolute atomic E-state index is 12.0. The summed E-state index contributed by atoms with van der Waals surface area (Å²) in [5.74, 6) is 0.878. The number of nitrogens with one attached hydrogen (secondary N) is 1. The van der Waals surface area contributed by atoms with Gasteiger partial charge in [-0.25, -0.2) is 0 Å². The Hall–Kier alpha value is -2.08. The molecule has 0 aromatic carbocycles. The molecule has 1 unspecified atom stereocenters. The summed E-state index contributed by atoms with van der Waals surface area (Å²) in [7, 11) is 0. The predicted molar refractivity (Wildman–Crippen MR) is 73.3 cm³/mol. The SMILES string of the molecule is CCn1cc(C(=O)NCC(C)(O)c2ccc(C)o2)cn1. The molecule has 0 spiro atoms. The average Bonchev–Trinajstić information content (AvgIpc) is 3.04. The molecule has 1 amide bonds. The van der Waals surface area contributed by atoms with Gasteiger partial charge in [-0.1, -0.05) is 0 Å². The molecule has 1 atom stereocenters. The zero-order chi connectivity index (χ0) is 14.8. The van der Waals surface area contributed by atoms with Crippen molar-refractivity contribution in [3.63, 3.8) is 0 Å². The van der Waals surface area contributed by atoms with Crippen molar-refractivity contribution in [1.29, 1.82) is 0 Å². The maximum atomic E-state index is 12.0. The summed E-state index contributed by atoms with van der Waals surface area (Å²) in [4.78, 5) is 12.0. The van der Waals surface area contributed by atoms with Gasteiger partial charge >= 0.3 is 0 Å². The summed E-state index contributed by atoms with van der Waals surface area (Å²) in [5.41, 5.74) is -0.775. The van der Waals surface area contributed by atoms with Gasteiger partial charge in [-0.3, -0.25) is 9.48 Å². The van der Waals surface area contributed by atoms with Crippen molar-refractivity contribution in [3.05, 3.63) is 41.6 Å². The van der Waals surface area contributed by atoms with Crippen LogP contribution in [0, 0.1) is 6.92 Å². The van der Waals surface area contributed by atoms with Crippen molar-refractivity contribution >= 4 is 5.91 Å². The van der Waals surface area contributed by atoms with Crippen molar-refractivity contribution in [2.75, 3.05) is 6.54 Å². The first-order valence-corrected chi connectivity index (χ1v) is 6.52. The molecule has 0 saturated heterocycles. The summed E-state index contributed by atoms with van der Waals surface area (Å²) >= 11 is 0. The lowest BCUT2D eigenvalue weighted by Gasteiger charge is -2.21. The largest absolute Gasteiger partial charge is 0.463 e. The second-order valence-electron chi connectivity index (χ2n) is 4.95. The minimum atomic E-state index is -1.25. The van der Waals surface area contributed by atoms with Crippen molar-refractivity contribution in [3.8, 4) is 0 Å². The number of amides is 1. The third-order valence-corrected chi connectivity index (χ3v) is 3.08. The molecule has 0 fully saturated rings. The molecule has 0 saturated carbocycles. The third kappa shape index (κ3) is 3.08. The summed E-state index contributed by atoms with van der Waals surface area (Å²) in [6.07, 6.45) is 3.17. The Morgan fingerprint density at radius 3 is 2.85 bits per heavy atom. The number of aryl methyl sites for hydroxylation is 2. The van der Waals surface area contributed by atoms with Gasteiger partial charge in [-0.2, -0.15) is 5.10 Å². The fourth-order valence-electron chi connectivity index (χ4n) is 1.82. The molecule has 0 aliphatic heterocycles. The van der Waals surface area contributed by atoms with Crippen LogP contribution in [0.2, 0.25) is 0 Å². The summed E-state index contributed by atoms with van der Waals surface area (Å²) in [6.45, 7) is 6.11. The molecular formula is C14H19N3O3. The van der Waals surface area contributed by atoms with Gasteiger partial charge in [-0.05, 0) is 32.9 Å². The molecule has 0 aliphatic rings. The van der Waals surface area contributed by atoms with E-state index in [1.807, 2.05) is 6.92 Å². The molecular weight excluding hydrogens is 258 g/mol. The number of nitrogens with zero attached hydrogens (tertiary/aromatic N) is 2. The van der Waals surface area contributed by atoms with E-state index in [9.17, 15) is 9.90 Å². The van der Waals surface area contributed by atoms with E-state index in [1.165, 1.54) is 6.20 Å². The quantitative estimate of drug-likeness (QED) is 0.866. The second kappa shape index (κ2) is 5.50. The number of furan rings is 1. The Bertz CT molecular complexity index is 598. The molecule has 2 heterocycles. The molecule has 2 aromatic rings. The van der Waals surface area contributed by atoms with Crippen LogP contribution in [0.5, 0.6) is 0 Å². The van der Waals surface area contributed by atoms with Gasteiger partial charge in [0.1, 0.15) is 17.1 Å². The Morgan fingerprint density at radius 1 is 1.55 bits per heavy atom. The number of hydrogen-bond donors (Lipinski definition) is 2. The monoisotopic (exact) mass is 277 g/mol. The van der Waals surface area contributed by atoms with E-state index in [0.717, 1.165) is 5.76 Å². The molecule has 2 N–H and O–H groups in total. The molecule has 0 radical (unpaired) electrons. The number of aliphatic hydroxyl groups is 1. The predicted octanol–water partition coefficient (Wildman–Crippen LogP) is 1.44. The molecule has 108 valence electrons. The number of aromatic nitrogens is 2. The lowest BCUT2D eigenvalue weighted by atomic mass is 10.0.